The molecule has 2 rings (SSSR count). The third-order valence-corrected chi connectivity index (χ3v) is 5.24. The Bertz CT molecular complexity index is 760. The number of hydrogen-bond donors (Lipinski definition) is 1. The lowest BCUT2D eigenvalue weighted by Crippen LogP contribution is -2.13. The van der Waals surface area contributed by atoms with Gasteiger partial charge in [0.05, 0.1) is 20.6 Å². The van der Waals surface area contributed by atoms with Crippen molar-refractivity contribution in [3.8, 4) is 0 Å². The van der Waals surface area contributed by atoms with Crippen LogP contribution >= 0.6 is 34.8 Å². The minimum absolute atomic E-state index is 0.107. The van der Waals surface area contributed by atoms with Gasteiger partial charge in [-0.1, -0.05) is 40.9 Å². The number of aryl methyl sites for hydroxylation is 1. The molecule has 0 bridgehead atoms. The van der Waals surface area contributed by atoms with E-state index in [0.29, 0.717) is 10.6 Å². The average molecular weight is 351 g/mol. The number of nitrogens with one attached hydrogen (secondary N) is 1. The van der Waals surface area contributed by atoms with Crippen LogP contribution in [0.2, 0.25) is 15.1 Å². The zero-order valence-electron chi connectivity index (χ0n) is 10.3. The molecule has 2 aromatic carbocycles. The molecule has 106 valence electrons. The lowest BCUT2D eigenvalue weighted by atomic mass is 10.2. The van der Waals surface area contributed by atoms with Crippen molar-refractivity contribution in [2.75, 3.05) is 4.72 Å². The Morgan fingerprint density at radius 3 is 2.35 bits per heavy atom. The summed E-state index contributed by atoms with van der Waals surface area (Å²) in [5.41, 5.74) is 0.901. The first-order valence-corrected chi connectivity index (χ1v) is 8.16. The van der Waals surface area contributed by atoms with Gasteiger partial charge in [-0.15, -0.1) is 0 Å². The van der Waals surface area contributed by atoms with E-state index in [0.717, 1.165) is 0 Å². The van der Waals surface area contributed by atoms with Crippen LogP contribution in [0, 0.1) is 6.92 Å². The fraction of sp³-hybridized carbons (Fsp3) is 0.0769. The van der Waals surface area contributed by atoms with Gasteiger partial charge in [-0.25, -0.2) is 8.42 Å². The van der Waals surface area contributed by atoms with E-state index in [9.17, 15) is 8.42 Å². The zero-order chi connectivity index (χ0) is 14.9. The highest BCUT2D eigenvalue weighted by atomic mass is 35.5. The van der Waals surface area contributed by atoms with Crippen LogP contribution in [0.3, 0.4) is 0 Å². The lowest BCUT2D eigenvalue weighted by molar-refractivity contribution is 0.601. The van der Waals surface area contributed by atoms with E-state index in [1.807, 2.05) is 0 Å². The van der Waals surface area contributed by atoms with Crippen molar-refractivity contribution in [2.45, 2.75) is 11.8 Å². The van der Waals surface area contributed by atoms with E-state index in [1.54, 1.807) is 19.1 Å². The van der Waals surface area contributed by atoms with Crippen LogP contribution in [0.1, 0.15) is 5.56 Å². The van der Waals surface area contributed by atoms with Crippen LogP contribution in [0.4, 0.5) is 5.69 Å². The van der Waals surface area contributed by atoms with Crippen molar-refractivity contribution < 1.29 is 8.42 Å². The monoisotopic (exact) mass is 349 g/mol. The van der Waals surface area contributed by atoms with Crippen LogP contribution < -0.4 is 4.72 Å². The summed E-state index contributed by atoms with van der Waals surface area (Å²) in [5, 5.41) is 0.937. The summed E-state index contributed by atoms with van der Waals surface area (Å²) in [6.45, 7) is 1.73. The molecule has 0 saturated heterocycles. The highest BCUT2D eigenvalue weighted by Gasteiger charge is 2.17. The molecule has 20 heavy (non-hydrogen) atoms. The van der Waals surface area contributed by atoms with Crippen LogP contribution in [0.15, 0.2) is 41.3 Å². The van der Waals surface area contributed by atoms with Crippen molar-refractivity contribution in [2.24, 2.45) is 0 Å². The molecule has 0 amide bonds. The van der Waals surface area contributed by atoms with Crippen LogP contribution in [-0.4, -0.2) is 8.42 Å². The van der Waals surface area contributed by atoms with Crippen molar-refractivity contribution >= 4 is 50.5 Å². The highest BCUT2D eigenvalue weighted by Crippen LogP contribution is 2.31. The summed E-state index contributed by atoms with van der Waals surface area (Å²) < 4.78 is 26.9. The largest absolute Gasteiger partial charge is 0.278 e. The van der Waals surface area contributed by atoms with Gasteiger partial charge in [0, 0.05) is 5.02 Å². The predicted octanol–water partition coefficient (Wildman–Crippen LogP) is 4.76. The molecule has 0 unspecified atom stereocenters. The second-order valence-corrected chi connectivity index (χ2v) is 6.99. The van der Waals surface area contributed by atoms with Crippen molar-refractivity contribution in [3.05, 3.63) is 57.0 Å². The van der Waals surface area contributed by atoms with Gasteiger partial charge in [-0.2, -0.15) is 0 Å². The predicted molar refractivity (Wildman–Crippen MR) is 83.5 cm³/mol. The molecular weight excluding hydrogens is 341 g/mol. The SMILES string of the molecule is Cc1cc(S(=O)(=O)Nc2cccc(Cl)c2Cl)ccc1Cl. The molecule has 0 aliphatic carbocycles. The summed E-state index contributed by atoms with van der Waals surface area (Å²) >= 11 is 17.7. The second kappa shape index (κ2) is 5.82. The maximum Gasteiger partial charge on any atom is 0.261 e. The number of hydrogen-bond acceptors (Lipinski definition) is 2. The molecule has 0 atom stereocenters. The van der Waals surface area contributed by atoms with E-state index in [-0.39, 0.29) is 20.6 Å². The van der Waals surface area contributed by atoms with Crippen molar-refractivity contribution in [3.63, 3.8) is 0 Å². The quantitative estimate of drug-likeness (QED) is 0.867. The molecule has 0 aromatic heterocycles. The summed E-state index contributed by atoms with van der Waals surface area (Å²) in [5.74, 6) is 0. The third kappa shape index (κ3) is 3.20. The van der Waals surface area contributed by atoms with Gasteiger partial charge in [-0.3, -0.25) is 4.72 Å². The number of anilines is 1. The molecular formula is C13H10Cl3NO2S. The van der Waals surface area contributed by atoms with E-state index >= 15 is 0 Å². The van der Waals surface area contributed by atoms with Gasteiger partial charge in [-0.05, 0) is 42.8 Å². The van der Waals surface area contributed by atoms with Gasteiger partial charge in [0.15, 0.2) is 0 Å². The third-order valence-electron chi connectivity index (χ3n) is 2.64. The minimum Gasteiger partial charge on any atom is -0.278 e. The number of rotatable bonds is 3. The van der Waals surface area contributed by atoms with Crippen molar-refractivity contribution in [1.82, 2.24) is 0 Å². The Balaban J connectivity index is 2.41. The minimum atomic E-state index is -3.74. The fourth-order valence-corrected chi connectivity index (χ4v) is 3.25. The van der Waals surface area contributed by atoms with Gasteiger partial charge < -0.3 is 0 Å². The standard InChI is InChI=1S/C13H10Cl3NO2S/c1-8-7-9(5-6-10(8)14)20(18,19)17-12-4-2-3-11(15)13(12)16/h2-7,17H,1H3. The molecule has 0 heterocycles. The van der Waals surface area contributed by atoms with Crippen LogP contribution in [-0.2, 0) is 10.0 Å². The molecule has 1 N–H and O–H groups in total. The summed E-state index contributed by atoms with van der Waals surface area (Å²) in [6, 6.07) is 9.17. The smallest absolute Gasteiger partial charge is 0.261 e. The fourth-order valence-electron chi connectivity index (χ4n) is 1.57. The van der Waals surface area contributed by atoms with Gasteiger partial charge in [0.1, 0.15) is 0 Å². The molecule has 2 aromatic rings. The topological polar surface area (TPSA) is 46.2 Å². The maximum atomic E-state index is 12.3. The molecule has 0 radical (unpaired) electrons. The molecule has 0 saturated carbocycles. The van der Waals surface area contributed by atoms with Gasteiger partial charge in [0.2, 0.25) is 0 Å². The molecule has 3 nitrogen and oxygen atoms in total. The number of sulfonamides is 1. The van der Waals surface area contributed by atoms with E-state index < -0.39 is 10.0 Å². The Kier molecular flexibility index (Phi) is 4.49. The Morgan fingerprint density at radius 2 is 1.70 bits per heavy atom. The Morgan fingerprint density at radius 1 is 1.00 bits per heavy atom. The molecule has 0 aliphatic rings. The maximum absolute atomic E-state index is 12.3. The summed E-state index contributed by atoms with van der Waals surface area (Å²) in [7, 11) is -3.74. The zero-order valence-corrected chi connectivity index (χ0v) is 13.4. The molecule has 0 spiro atoms. The second-order valence-electron chi connectivity index (χ2n) is 4.12. The van der Waals surface area contributed by atoms with Crippen LogP contribution in [0.5, 0.6) is 0 Å². The van der Waals surface area contributed by atoms with Gasteiger partial charge >= 0.3 is 0 Å². The van der Waals surface area contributed by atoms with Gasteiger partial charge in [0.25, 0.3) is 10.0 Å². The first-order chi connectivity index (χ1) is 9.31. The molecule has 0 fully saturated rings. The number of halogens is 3. The Labute approximate surface area is 132 Å². The first kappa shape index (κ1) is 15.4. The molecule has 7 heteroatoms. The number of benzene rings is 2. The first-order valence-electron chi connectivity index (χ1n) is 5.54. The van der Waals surface area contributed by atoms with Crippen molar-refractivity contribution in [1.29, 1.82) is 0 Å². The lowest BCUT2D eigenvalue weighted by Gasteiger charge is -2.11. The van der Waals surface area contributed by atoms with E-state index in [1.165, 1.54) is 24.3 Å². The normalized spacial score (nSPS) is 11.4. The van der Waals surface area contributed by atoms with E-state index in [2.05, 4.69) is 4.72 Å². The summed E-state index contributed by atoms with van der Waals surface area (Å²) in [4.78, 5) is 0.107. The molecule has 0 aliphatic heterocycles. The Hall–Kier alpha value is -0.940. The highest BCUT2D eigenvalue weighted by molar-refractivity contribution is 7.92. The average Bonchev–Trinajstić information content (AvgIpc) is 2.38. The van der Waals surface area contributed by atoms with Crippen LogP contribution in [0.25, 0.3) is 0 Å². The summed E-state index contributed by atoms with van der Waals surface area (Å²) in [6.07, 6.45) is 0. The van der Waals surface area contributed by atoms with E-state index in [4.69, 9.17) is 34.8 Å².